The molecule has 4 atom stereocenters. The summed E-state index contributed by atoms with van der Waals surface area (Å²) in [5.74, 6) is -6.73. The van der Waals surface area contributed by atoms with E-state index in [0.717, 1.165) is 0 Å². The Bertz CT molecular complexity index is 1350. The second-order valence-electron chi connectivity index (χ2n) is 9.46. The number of allylic oxidation sites excluding steroid dienone is 1. The Morgan fingerprint density at radius 3 is 2.49 bits per heavy atom. The van der Waals surface area contributed by atoms with E-state index in [4.69, 9.17) is 10.2 Å². The predicted molar refractivity (Wildman–Crippen MR) is 121 cm³/mol. The number of furan rings is 1. The summed E-state index contributed by atoms with van der Waals surface area (Å²) in [4.78, 5) is 40.4. The van der Waals surface area contributed by atoms with Gasteiger partial charge in [0.1, 0.15) is 22.8 Å². The summed E-state index contributed by atoms with van der Waals surface area (Å²) in [6.07, 6.45) is 3.24. The van der Waals surface area contributed by atoms with Gasteiger partial charge in [0.05, 0.1) is 24.1 Å². The van der Waals surface area contributed by atoms with Crippen molar-refractivity contribution in [1.29, 1.82) is 0 Å². The zero-order chi connectivity index (χ0) is 25.4. The summed E-state index contributed by atoms with van der Waals surface area (Å²) >= 11 is 0. The number of amides is 1. The third-order valence-electron chi connectivity index (χ3n) is 7.44. The molecule has 0 fully saturated rings. The van der Waals surface area contributed by atoms with Crippen LogP contribution in [0, 0.1) is 11.8 Å². The van der Waals surface area contributed by atoms with Crippen molar-refractivity contribution in [3.8, 4) is 16.9 Å². The zero-order valence-electron chi connectivity index (χ0n) is 19.0. The van der Waals surface area contributed by atoms with Crippen LogP contribution in [0.15, 0.2) is 57.8 Å². The van der Waals surface area contributed by atoms with E-state index in [0.29, 0.717) is 16.7 Å². The third-order valence-corrected chi connectivity index (χ3v) is 7.44. The summed E-state index contributed by atoms with van der Waals surface area (Å²) < 4.78 is 5.17. The number of aromatic hydroxyl groups is 1. The van der Waals surface area contributed by atoms with Crippen molar-refractivity contribution in [3.05, 3.63) is 64.5 Å². The highest BCUT2D eigenvalue weighted by Gasteiger charge is 2.63. The number of nitrogens with zero attached hydrogens (tertiary/aromatic N) is 1. The lowest BCUT2D eigenvalue weighted by Gasteiger charge is -2.50. The molecule has 0 bridgehead atoms. The maximum Gasteiger partial charge on any atom is 0.255 e. The molecule has 182 valence electrons. The molecular weight excluding hydrogens is 456 g/mol. The largest absolute Gasteiger partial charge is 0.510 e. The van der Waals surface area contributed by atoms with Crippen LogP contribution in [0.2, 0.25) is 0 Å². The van der Waals surface area contributed by atoms with E-state index in [9.17, 15) is 34.8 Å². The van der Waals surface area contributed by atoms with Crippen LogP contribution in [-0.4, -0.2) is 68.5 Å². The van der Waals surface area contributed by atoms with Gasteiger partial charge in [0.2, 0.25) is 5.78 Å². The molecule has 10 heteroatoms. The minimum absolute atomic E-state index is 0.0340. The summed E-state index contributed by atoms with van der Waals surface area (Å²) in [7, 11) is 3.17. The number of hydrogen-bond acceptors (Lipinski definition) is 9. The van der Waals surface area contributed by atoms with Crippen molar-refractivity contribution in [2.45, 2.75) is 24.5 Å². The Kier molecular flexibility index (Phi) is 4.94. The Hall–Kier alpha value is -3.89. The zero-order valence-corrected chi connectivity index (χ0v) is 19.0. The number of phenolic OH excluding ortho intramolecular Hbond substituents is 1. The van der Waals surface area contributed by atoms with Crippen LogP contribution in [0.5, 0.6) is 5.75 Å². The maximum absolute atomic E-state index is 13.6. The standard InChI is InChI=1S/C25H24N2O8/c1-27(2)19-14-8-11-7-13-12(10-5-6-35-9-10)3-4-15(28)17(13)20(29)16(11)22(31)25(14,34)23(32)18(21(19)30)24(26)33/h3-6,9,11,14,19,28,30-31,34H,7-8H2,1-2H3,(H2,26,33). The number of likely N-dealkylation sites (N-methyl/N-ethyl adjacent to an activating group) is 1. The van der Waals surface area contributed by atoms with E-state index in [2.05, 4.69) is 0 Å². The van der Waals surface area contributed by atoms with E-state index < -0.39 is 58.0 Å². The highest BCUT2D eigenvalue weighted by atomic mass is 16.3. The quantitative estimate of drug-likeness (QED) is 0.406. The number of primary amides is 1. The van der Waals surface area contributed by atoms with Crippen molar-refractivity contribution >= 4 is 17.5 Å². The molecule has 1 aromatic heterocycles. The first kappa shape index (κ1) is 22.9. The molecule has 0 saturated heterocycles. The minimum atomic E-state index is -2.65. The van der Waals surface area contributed by atoms with E-state index in [-0.39, 0.29) is 29.7 Å². The number of fused-ring (bicyclic) bond motifs is 3. The number of phenols is 1. The minimum Gasteiger partial charge on any atom is -0.510 e. The lowest BCUT2D eigenvalue weighted by atomic mass is 9.58. The van der Waals surface area contributed by atoms with Gasteiger partial charge in [-0.15, -0.1) is 0 Å². The highest BCUT2D eigenvalue weighted by Crippen LogP contribution is 2.53. The molecule has 0 spiro atoms. The number of Topliss-reactive ketones (excluding diaryl/α,β-unsaturated/α-hetero) is 2. The number of benzene rings is 1. The number of rotatable bonds is 3. The van der Waals surface area contributed by atoms with Gasteiger partial charge in [-0.2, -0.15) is 0 Å². The van der Waals surface area contributed by atoms with Crippen LogP contribution in [0.4, 0.5) is 0 Å². The molecular formula is C25H24N2O8. The molecule has 0 radical (unpaired) electrons. The van der Waals surface area contributed by atoms with Crippen molar-refractivity contribution in [3.63, 3.8) is 0 Å². The maximum atomic E-state index is 13.6. The van der Waals surface area contributed by atoms with Crippen LogP contribution in [0.1, 0.15) is 22.3 Å². The SMILES string of the molecule is CN(C)C1C(O)=C(C(N)=O)C(=O)C2(O)C(O)=C3C(=O)c4c(O)ccc(-c5ccoc5)c4CC3CC12. The lowest BCUT2D eigenvalue weighted by molar-refractivity contribution is -0.148. The van der Waals surface area contributed by atoms with Crippen LogP contribution in [-0.2, 0) is 16.0 Å². The average molecular weight is 480 g/mol. The molecule has 35 heavy (non-hydrogen) atoms. The fourth-order valence-electron chi connectivity index (χ4n) is 5.94. The van der Waals surface area contributed by atoms with E-state index in [1.165, 1.54) is 23.5 Å². The van der Waals surface area contributed by atoms with Gasteiger partial charge in [-0.05, 0) is 56.1 Å². The van der Waals surface area contributed by atoms with Gasteiger partial charge >= 0.3 is 0 Å². The molecule has 6 N–H and O–H groups in total. The van der Waals surface area contributed by atoms with Crippen LogP contribution in [0.25, 0.3) is 11.1 Å². The second-order valence-corrected chi connectivity index (χ2v) is 9.46. The highest BCUT2D eigenvalue weighted by molar-refractivity contribution is 6.24. The molecule has 3 aliphatic rings. The number of nitrogens with two attached hydrogens (primary N) is 1. The van der Waals surface area contributed by atoms with Crippen LogP contribution >= 0.6 is 0 Å². The van der Waals surface area contributed by atoms with Gasteiger partial charge in [0.25, 0.3) is 5.91 Å². The first-order valence-electron chi connectivity index (χ1n) is 11.0. The number of carbonyl (C=O) groups is 3. The van der Waals surface area contributed by atoms with Crippen molar-refractivity contribution in [1.82, 2.24) is 4.90 Å². The summed E-state index contributed by atoms with van der Waals surface area (Å²) in [6.45, 7) is 0. The Morgan fingerprint density at radius 1 is 1.17 bits per heavy atom. The molecule has 0 aliphatic heterocycles. The summed E-state index contributed by atoms with van der Waals surface area (Å²) in [5, 5.41) is 44.2. The molecule has 2 aromatic rings. The number of aliphatic hydroxyl groups is 3. The average Bonchev–Trinajstić information content (AvgIpc) is 3.30. The first-order chi connectivity index (χ1) is 16.5. The summed E-state index contributed by atoms with van der Waals surface area (Å²) in [5.41, 5.74) is 3.53. The van der Waals surface area contributed by atoms with Gasteiger partial charge in [-0.25, -0.2) is 0 Å². The smallest absolute Gasteiger partial charge is 0.255 e. The number of ketones is 2. The van der Waals surface area contributed by atoms with Crippen molar-refractivity contribution in [2.24, 2.45) is 17.6 Å². The van der Waals surface area contributed by atoms with Gasteiger partial charge < -0.3 is 30.6 Å². The van der Waals surface area contributed by atoms with Crippen LogP contribution in [0.3, 0.4) is 0 Å². The number of carbonyl (C=O) groups excluding carboxylic acids is 3. The normalized spacial score (nSPS) is 28.2. The van der Waals surface area contributed by atoms with Gasteiger partial charge in [-0.3, -0.25) is 19.3 Å². The van der Waals surface area contributed by atoms with E-state index in [1.54, 1.807) is 26.2 Å². The van der Waals surface area contributed by atoms with E-state index >= 15 is 0 Å². The van der Waals surface area contributed by atoms with Gasteiger partial charge in [0.15, 0.2) is 11.4 Å². The molecule has 1 heterocycles. The molecule has 0 saturated carbocycles. The van der Waals surface area contributed by atoms with Crippen molar-refractivity contribution in [2.75, 3.05) is 14.1 Å². The van der Waals surface area contributed by atoms with Gasteiger partial charge in [-0.1, -0.05) is 6.07 Å². The molecule has 1 amide bonds. The fourth-order valence-corrected chi connectivity index (χ4v) is 5.94. The molecule has 3 aliphatic carbocycles. The van der Waals surface area contributed by atoms with Crippen LogP contribution < -0.4 is 5.73 Å². The fraction of sp³-hybridized carbons (Fsp3) is 0.320. The molecule has 10 nitrogen and oxygen atoms in total. The lowest BCUT2D eigenvalue weighted by Crippen LogP contribution is -2.63. The molecule has 1 aromatic carbocycles. The number of hydrogen-bond donors (Lipinski definition) is 5. The van der Waals surface area contributed by atoms with Crippen molar-refractivity contribution < 1.29 is 39.2 Å². The molecule has 5 rings (SSSR count). The first-order valence-corrected chi connectivity index (χ1v) is 11.0. The predicted octanol–water partition coefficient (Wildman–Crippen LogP) is 1.38. The third kappa shape index (κ3) is 2.93. The Labute approximate surface area is 199 Å². The number of aliphatic hydroxyl groups excluding tert-OH is 2. The summed E-state index contributed by atoms with van der Waals surface area (Å²) in [6, 6.07) is 3.71. The Balaban J connectivity index is 1.74. The molecule has 4 unspecified atom stereocenters. The van der Waals surface area contributed by atoms with E-state index in [1.807, 2.05) is 0 Å². The topological polar surface area (TPSA) is 175 Å². The van der Waals surface area contributed by atoms with Gasteiger partial charge in [0, 0.05) is 17.1 Å². The Morgan fingerprint density at radius 2 is 1.89 bits per heavy atom. The second kappa shape index (κ2) is 7.56. The monoisotopic (exact) mass is 480 g/mol.